The second kappa shape index (κ2) is 5.72. The number of hydrogen-bond donors (Lipinski definition) is 0. The lowest BCUT2D eigenvalue weighted by atomic mass is 10.1. The Balaban J connectivity index is 1.84. The van der Waals surface area contributed by atoms with E-state index in [1.54, 1.807) is 0 Å². The molecule has 0 N–H and O–H groups in total. The van der Waals surface area contributed by atoms with Gasteiger partial charge in [0.15, 0.2) is 0 Å². The van der Waals surface area contributed by atoms with Gasteiger partial charge in [0.1, 0.15) is 0 Å². The van der Waals surface area contributed by atoms with Gasteiger partial charge in [0, 0.05) is 10.7 Å². The second-order valence-electron chi connectivity index (χ2n) is 5.17. The summed E-state index contributed by atoms with van der Waals surface area (Å²) in [6, 6.07) is 19.9. The first-order valence-corrected chi connectivity index (χ1v) is 7.39. The zero-order valence-electron chi connectivity index (χ0n) is 11.4. The van der Waals surface area contributed by atoms with Crippen LogP contribution in [-0.2, 0) is 0 Å². The molecule has 0 amide bonds. The van der Waals surface area contributed by atoms with Gasteiger partial charge in [-0.3, -0.25) is 0 Å². The molecule has 0 spiro atoms. The fourth-order valence-corrected chi connectivity index (χ4v) is 2.99. The first kappa shape index (κ1) is 13.3. The van der Waals surface area contributed by atoms with Crippen LogP contribution in [0.2, 0.25) is 5.02 Å². The van der Waals surface area contributed by atoms with Gasteiger partial charge >= 0.3 is 0 Å². The van der Waals surface area contributed by atoms with Crippen molar-refractivity contribution in [2.24, 2.45) is 0 Å². The quantitative estimate of drug-likeness (QED) is 0.536. The number of nitrogens with zero attached hydrogens (tertiary/aromatic N) is 1. The van der Waals surface area contributed by atoms with E-state index >= 15 is 0 Å². The molecule has 0 radical (unpaired) electrons. The van der Waals surface area contributed by atoms with Gasteiger partial charge in [0.2, 0.25) is 0 Å². The molecule has 0 aromatic heterocycles. The molecule has 0 bridgehead atoms. The van der Waals surface area contributed by atoms with Crippen molar-refractivity contribution in [3.63, 3.8) is 0 Å². The van der Waals surface area contributed by atoms with Crippen LogP contribution < -0.4 is 4.90 Å². The Bertz CT molecular complexity index is 576. The first-order chi connectivity index (χ1) is 9.81. The Labute approximate surface area is 125 Å². The minimum atomic E-state index is 0.484. The van der Waals surface area contributed by atoms with Crippen LogP contribution >= 0.6 is 11.6 Å². The fourth-order valence-electron chi connectivity index (χ4n) is 2.86. The number of hydrogen-bond acceptors (Lipinski definition) is 1. The van der Waals surface area contributed by atoms with Crippen LogP contribution in [0.4, 0.5) is 5.69 Å². The van der Waals surface area contributed by atoms with E-state index in [0.29, 0.717) is 12.1 Å². The van der Waals surface area contributed by atoms with E-state index < -0.39 is 0 Å². The lowest BCUT2D eigenvalue weighted by molar-refractivity contribution is 0.812. The van der Waals surface area contributed by atoms with Crippen molar-refractivity contribution in [2.45, 2.75) is 24.9 Å². The molecule has 20 heavy (non-hydrogen) atoms. The van der Waals surface area contributed by atoms with Crippen molar-refractivity contribution in [1.29, 1.82) is 0 Å². The molecule has 1 saturated heterocycles. The van der Waals surface area contributed by atoms with Crippen LogP contribution in [0.1, 0.15) is 24.4 Å². The normalized spacial score (nSPS) is 20.8. The molecule has 2 heteroatoms. The molecule has 1 heterocycles. The average molecular weight is 284 g/mol. The summed E-state index contributed by atoms with van der Waals surface area (Å²) in [7, 11) is 0. The number of allylic oxidation sites excluding steroid dienone is 1. The second-order valence-corrected chi connectivity index (χ2v) is 5.61. The molecule has 1 aliphatic rings. The van der Waals surface area contributed by atoms with Crippen molar-refractivity contribution in [2.75, 3.05) is 4.90 Å². The highest BCUT2D eigenvalue weighted by Gasteiger charge is 2.47. The molecule has 2 aromatic rings. The van der Waals surface area contributed by atoms with Gasteiger partial charge in [-0.05, 0) is 42.7 Å². The highest BCUT2D eigenvalue weighted by Crippen LogP contribution is 2.49. The van der Waals surface area contributed by atoms with E-state index in [1.165, 1.54) is 11.3 Å². The maximum Gasteiger partial charge on any atom is 0.0750 e. The van der Waals surface area contributed by atoms with Crippen LogP contribution in [0.5, 0.6) is 0 Å². The summed E-state index contributed by atoms with van der Waals surface area (Å²) < 4.78 is 0. The van der Waals surface area contributed by atoms with Gasteiger partial charge in [-0.25, -0.2) is 0 Å². The third kappa shape index (κ3) is 2.59. The fraction of sp³-hybridized carbons (Fsp3) is 0.222. The molecule has 102 valence electrons. The summed E-state index contributed by atoms with van der Waals surface area (Å²) >= 11 is 5.98. The van der Waals surface area contributed by atoms with Gasteiger partial charge in [0.05, 0.1) is 12.1 Å². The SMILES string of the molecule is C=CCC[C@H]1[C@@H](c2ccccc2)N1c1ccc(Cl)cc1. The Morgan fingerprint density at radius 1 is 1.05 bits per heavy atom. The summed E-state index contributed by atoms with van der Waals surface area (Å²) in [4.78, 5) is 2.47. The smallest absolute Gasteiger partial charge is 0.0750 e. The Hall–Kier alpha value is -1.73. The Morgan fingerprint density at radius 2 is 1.75 bits per heavy atom. The predicted molar refractivity (Wildman–Crippen MR) is 86.3 cm³/mol. The third-order valence-corrected chi connectivity index (χ3v) is 4.12. The molecule has 1 aliphatic heterocycles. The minimum Gasteiger partial charge on any atom is -0.357 e. The van der Waals surface area contributed by atoms with Gasteiger partial charge in [0.25, 0.3) is 0 Å². The minimum absolute atomic E-state index is 0.484. The molecule has 3 rings (SSSR count). The lowest BCUT2D eigenvalue weighted by Crippen LogP contribution is -1.98. The van der Waals surface area contributed by atoms with Crippen molar-refractivity contribution >= 4 is 17.3 Å². The van der Waals surface area contributed by atoms with Gasteiger partial charge in [-0.15, -0.1) is 6.58 Å². The highest BCUT2D eigenvalue weighted by atomic mass is 35.5. The molecule has 2 aromatic carbocycles. The van der Waals surface area contributed by atoms with Crippen LogP contribution in [0.3, 0.4) is 0 Å². The molecular formula is C18H18ClN. The van der Waals surface area contributed by atoms with Crippen LogP contribution in [0.25, 0.3) is 0 Å². The largest absolute Gasteiger partial charge is 0.357 e. The molecule has 0 aliphatic carbocycles. The summed E-state index contributed by atoms with van der Waals surface area (Å²) in [6.45, 7) is 3.83. The van der Waals surface area contributed by atoms with Crippen LogP contribution in [0.15, 0.2) is 67.3 Å². The van der Waals surface area contributed by atoms with E-state index in [0.717, 1.165) is 17.9 Å². The van der Waals surface area contributed by atoms with E-state index in [9.17, 15) is 0 Å². The maximum absolute atomic E-state index is 5.98. The Kier molecular flexibility index (Phi) is 3.79. The van der Waals surface area contributed by atoms with Crippen molar-refractivity contribution in [3.05, 3.63) is 77.8 Å². The van der Waals surface area contributed by atoms with Crippen LogP contribution in [0, 0.1) is 0 Å². The van der Waals surface area contributed by atoms with Gasteiger partial charge in [-0.1, -0.05) is 48.0 Å². The van der Waals surface area contributed by atoms with Gasteiger partial charge in [-0.2, -0.15) is 0 Å². The summed E-state index contributed by atoms with van der Waals surface area (Å²) in [6.07, 6.45) is 4.20. The van der Waals surface area contributed by atoms with Crippen molar-refractivity contribution in [1.82, 2.24) is 0 Å². The summed E-state index contributed by atoms with van der Waals surface area (Å²) in [5, 5.41) is 0.787. The number of halogens is 1. The first-order valence-electron chi connectivity index (χ1n) is 7.01. The number of benzene rings is 2. The van der Waals surface area contributed by atoms with Crippen molar-refractivity contribution in [3.8, 4) is 0 Å². The van der Waals surface area contributed by atoms with E-state index in [2.05, 4.69) is 53.9 Å². The molecule has 1 nitrogen and oxygen atoms in total. The monoisotopic (exact) mass is 283 g/mol. The summed E-state index contributed by atoms with van der Waals surface area (Å²) in [5.41, 5.74) is 2.63. The molecule has 2 atom stereocenters. The molecule has 1 fully saturated rings. The van der Waals surface area contributed by atoms with Crippen molar-refractivity contribution < 1.29 is 0 Å². The lowest BCUT2D eigenvalue weighted by Gasteiger charge is -2.06. The topological polar surface area (TPSA) is 3.01 Å². The number of anilines is 1. The van der Waals surface area contributed by atoms with Crippen LogP contribution in [-0.4, -0.2) is 6.04 Å². The van der Waals surface area contributed by atoms with Gasteiger partial charge < -0.3 is 4.90 Å². The predicted octanol–water partition coefficient (Wildman–Crippen LogP) is 5.24. The highest BCUT2D eigenvalue weighted by molar-refractivity contribution is 6.30. The standard InChI is InChI=1S/C18H18ClN/c1-2-3-9-17-18(14-7-5-4-6-8-14)20(17)16-12-10-15(19)11-13-16/h2,4-8,10-13,17-18H,1,3,9H2/t17-,18+,20?/m0/s1. The Morgan fingerprint density at radius 3 is 2.40 bits per heavy atom. The molecule has 0 unspecified atom stereocenters. The molecule has 0 saturated carbocycles. The van der Waals surface area contributed by atoms with E-state index in [-0.39, 0.29) is 0 Å². The maximum atomic E-state index is 5.98. The van der Waals surface area contributed by atoms with E-state index in [4.69, 9.17) is 11.6 Å². The third-order valence-electron chi connectivity index (χ3n) is 3.86. The van der Waals surface area contributed by atoms with E-state index in [1.807, 2.05) is 18.2 Å². The average Bonchev–Trinajstić information content (AvgIpc) is 3.21. The zero-order chi connectivity index (χ0) is 13.9. The zero-order valence-corrected chi connectivity index (χ0v) is 12.1. The molecular weight excluding hydrogens is 266 g/mol. The number of rotatable bonds is 5. The summed E-state index contributed by atoms with van der Waals surface area (Å²) in [5.74, 6) is 0.